The average Bonchev–Trinajstić information content (AvgIpc) is 2.72. The summed E-state index contributed by atoms with van der Waals surface area (Å²) in [5, 5.41) is 6.75. The number of fused-ring (bicyclic) bond motifs is 1. The third-order valence-corrected chi connectivity index (χ3v) is 3.59. The second-order valence-corrected chi connectivity index (χ2v) is 5.64. The lowest BCUT2D eigenvalue weighted by Gasteiger charge is -2.09. The lowest BCUT2D eigenvalue weighted by atomic mass is 10.1. The van der Waals surface area contributed by atoms with Crippen LogP contribution in [0.4, 0.5) is 5.69 Å². The highest BCUT2D eigenvalue weighted by Crippen LogP contribution is 2.25. The van der Waals surface area contributed by atoms with Crippen molar-refractivity contribution >= 4 is 16.5 Å². The van der Waals surface area contributed by atoms with E-state index in [9.17, 15) is 4.21 Å². The van der Waals surface area contributed by atoms with E-state index in [0.717, 1.165) is 31.8 Å². The van der Waals surface area contributed by atoms with Gasteiger partial charge in [0, 0.05) is 48.1 Å². The molecule has 1 aromatic carbocycles. The van der Waals surface area contributed by atoms with Gasteiger partial charge in [-0.3, -0.25) is 4.21 Å². The number of hydrogen-bond acceptors (Lipinski definition) is 3. The van der Waals surface area contributed by atoms with Crippen LogP contribution < -0.4 is 10.6 Å². The van der Waals surface area contributed by atoms with Gasteiger partial charge in [-0.1, -0.05) is 18.2 Å². The first kappa shape index (κ1) is 11.6. The average molecular weight is 238 g/mol. The summed E-state index contributed by atoms with van der Waals surface area (Å²) in [6.45, 7) is 2.71. The van der Waals surface area contributed by atoms with Gasteiger partial charge < -0.3 is 10.6 Å². The Balaban J connectivity index is 1.90. The summed E-state index contributed by atoms with van der Waals surface area (Å²) in [7, 11) is -0.701. The van der Waals surface area contributed by atoms with E-state index in [2.05, 4.69) is 28.8 Å². The molecule has 1 aliphatic rings. The zero-order valence-electron chi connectivity index (χ0n) is 9.58. The molecule has 0 spiro atoms. The highest BCUT2D eigenvalue weighted by molar-refractivity contribution is 7.84. The summed E-state index contributed by atoms with van der Waals surface area (Å²) >= 11 is 0. The Bertz CT molecular complexity index is 393. The molecule has 0 aliphatic carbocycles. The van der Waals surface area contributed by atoms with Crippen LogP contribution in [-0.2, 0) is 23.8 Å². The van der Waals surface area contributed by atoms with Crippen molar-refractivity contribution in [1.29, 1.82) is 0 Å². The van der Waals surface area contributed by atoms with Crippen LogP contribution in [0, 0.1) is 0 Å². The van der Waals surface area contributed by atoms with Crippen LogP contribution in [-0.4, -0.2) is 29.3 Å². The summed E-state index contributed by atoms with van der Waals surface area (Å²) in [5.41, 5.74) is 4.03. The van der Waals surface area contributed by atoms with E-state index in [4.69, 9.17) is 0 Å². The number of anilines is 1. The molecule has 4 heteroatoms. The molecule has 1 unspecified atom stereocenters. The molecular weight excluding hydrogens is 220 g/mol. The maximum Gasteiger partial charge on any atom is 0.0419 e. The summed E-state index contributed by atoms with van der Waals surface area (Å²) in [6.07, 6.45) is 2.87. The van der Waals surface area contributed by atoms with Gasteiger partial charge in [-0.15, -0.1) is 0 Å². The van der Waals surface area contributed by atoms with Crippen molar-refractivity contribution in [3.63, 3.8) is 0 Å². The summed E-state index contributed by atoms with van der Waals surface area (Å²) in [4.78, 5) is 0. The molecule has 1 heterocycles. The Kier molecular flexibility index (Phi) is 3.96. The minimum Gasteiger partial charge on any atom is -0.384 e. The highest BCUT2D eigenvalue weighted by Gasteiger charge is 2.12. The molecule has 1 aliphatic heterocycles. The van der Waals surface area contributed by atoms with Crippen molar-refractivity contribution in [1.82, 2.24) is 5.32 Å². The third-order valence-electron chi connectivity index (χ3n) is 2.81. The molecule has 1 aromatic rings. The van der Waals surface area contributed by atoms with Gasteiger partial charge in [-0.05, 0) is 17.5 Å². The van der Waals surface area contributed by atoms with E-state index in [-0.39, 0.29) is 0 Å². The Morgan fingerprint density at radius 1 is 1.50 bits per heavy atom. The van der Waals surface area contributed by atoms with Crippen LogP contribution in [0.15, 0.2) is 18.2 Å². The van der Waals surface area contributed by atoms with Crippen molar-refractivity contribution < 1.29 is 4.21 Å². The van der Waals surface area contributed by atoms with Crippen LogP contribution in [0.5, 0.6) is 0 Å². The molecule has 0 saturated carbocycles. The van der Waals surface area contributed by atoms with Gasteiger partial charge in [-0.25, -0.2) is 0 Å². The van der Waals surface area contributed by atoms with E-state index in [1.54, 1.807) is 6.26 Å². The van der Waals surface area contributed by atoms with Gasteiger partial charge in [0.2, 0.25) is 0 Å². The predicted molar refractivity (Wildman–Crippen MR) is 69.3 cm³/mol. The molecule has 0 radical (unpaired) electrons. The summed E-state index contributed by atoms with van der Waals surface area (Å²) in [6, 6.07) is 6.44. The molecule has 1 atom stereocenters. The van der Waals surface area contributed by atoms with Crippen LogP contribution in [0.25, 0.3) is 0 Å². The molecule has 2 N–H and O–H groups in total. The molecule has 16 heavy (non-hydrogen) atoms. The molecule has 0 bridgehead atoms. The SMILES string of the molecule is CS(=O)CCNCc1cccc2c1NCC2. The van der Waals surface area contributed by atoms with Gasteiger partial charge >= 0.3 is 0 Å². The maximum absolute atomic E-state index is 10.9. The Labute approximate surface area is 99.1 Å². The fraction of sp³-hybridized carbons (Fsp3) is 0.500. The fourth-order valence-corrected chi connectivity index (χ4v) is 2.43. The minimum absolute atomic E-state index is 0.701. The molecule has 0 amide bonds. The standard InChI is InChI=1S/C12H18N2OS/c1-16(15)8-7-13-9-11-4-2-3-10-5-6-14-12(10)11/h2-4,13-14H,5-9H2,1H3. The van der Waals surface area contributed by atoms with Crippen LogP contribution in [0.2, 0.25) is 0 Å². The molecule has 88 valence electrons. The first-order valence-electron chi connectivity index (χ1n) is 5.63. The van der Waals surface area contributed by atoms with Crippen LogP contribution in [0.1, 0.15) is 11.1 Å². The van der Waals surface area contributed by atoms with Gasteiger partial charge in [0.25, 0.3) is 0 Å². The van der Waals surface area contributed by atoms with E-state index in [0.29, 0.717) is 0 Å². The van der Waals surface area contributed by atoms with Crippen LogP contribution in [0.3, 0.4) is 0 Å². The van der Waals surface area contributed by atoms with Crippen molar-refractivity contribution in [2.75, 3.05) is 30.4 Å². The third kappa shape index (κ3) is 2.83. The van der Waals surface area contributed by atoms with Crippen LogP contribution >= 0.6 is 0 Å². The molecule has 0 saturated heterocycles. The first-order chi connectivity index (χ1) is 7.77. The second-order valence-electron chi connectivity index (χ2n) is 4.08. The molecule has 0 fully saturated rings. The van der Waals surface area contributed by atoms with Crippen molar-refractivity contribution in [3.8, 4) is 0 Å². The number of para-hydroxylation sites is 1. The summed E-state index contributed by atoms with van der Waals surface area (Å²) < 4.78 is 10.9. The quantitative estimate of drug-likeness (QED) is 0.755. The van der Waals surface area contributed by atoms with Crippen molar-refractivity contribution in [3.05, 3.63) is 29.3 Å². The maximum atomic E-state index is 10.9. The zero-order chi connectivity index (χ0) is 11.4. The Morgan fingerprint density at radius 3 is 3.19 bits per heavy atom. The Hall–Kier alpha value is -0.870. The molecule has 3 nitrogen and oxygen atoms in total. The smallest absolute Gasteiger partial charge is 0.0419 e. The summed E-state index contributed by atoms with van der Waals surface area (Å²) in [5.74, 6) is 0.725. The molecule has 2 rings (SSSR count). The lowest BCUT2D eigenvalue weighted by molar-refractivity contribution is 0.677. The Morgan fingerprint density at radius 2 is 2.38 bits per heavy atom. The van der Waals surface area contributed by atoms with Gasteiger partial charge in [0.05, 0.1) is 0 Å². The monoisotopic (exact) mass is 238 g/mol. The van der Waals surface area contributed by atoms with E-state index < -0.39 is 10.8 Å². The normalized spacial score (nSPS) is 15.6. The fourth-order valence-electron chi connectivity index (χ4n) is 2.00. The van der Waals surface area contributed by atoms with Gasteiger partial charge in [0.15, 0.2) is 0 Å². The largest absolute Gasteiger partial charge is 0.384 e. The highest BCUT2D eigenvalue weighted by atomic mass is 32.2. The predicted octanol–water partition coefficient (Wildman–Crippen LogP) is 1.12. The number of hydrogen-bond donors (Lipinski definition) is 2. The minimum atomic E-state index is -0.701. The molecule has 0 aromatic heterocycles. The van der Waals surface area contributed by atoms with Crippen molar-refractivity contribution in [2.45, 2.75) is 13.0 Å². The number of rotatable bonds is 5. The van der Waals surface area contributed by atoms with Gasteiger partial charge in [-0.2, -0.15) is 0 Å². The van der Waals surface area contributed by atoms with E-state index in [1.807, 2.05) is 0 Å². The zero-order valence-corrected chi connectivity index (χ0v) is 10.4. The topological polar surface area (TPSA) is 41.1 Å². The van der Waals surface area contributed by atoms with Crippen molar-refractivity contribution in [2.24, 2.45) is 0 Å². The second kappa shape index (κ2) is 5.46. The number of benzene rings is 1. The van der Waals surface area contributed by atoms with E-state index >= 15 is 0 Å². The van der Waals surface area contributed by atoms with Gasteiger partial charge in [0.1, 0.15) is 0 Å². The first-order valence-corrected chi connectivity index (χ1v) is 7.35. The van der Waals surface area contributed by atoms with E-state index in [1.165, 1.54) is 16.8 Å². The molecular formula is C12H18N2OS. The lowest BCUT2D eigenvalue weighted by Crippen LogP contribution is -2.20. The number of nitrogens with one attached hydrogen (secondary N) is 2.